The summed E-state index contributed by atoms with van der Waals surface area (Å²) in [6.45, 7) is 0.656. The van der Waals surface area contributed by atoms with Gasteiger partial charge in [-0.1, -0.05) is 39.0 Å². The third kappa shape index (κ3) is 8.54. The van der Waals surface area contributed by atoms with Gasteiger partial charge in [0.05, 0.1) is 37.9 Å². The van der Waals surface area contributed by atoms with Gasteiger partial charge in [-0.15, -0.1) is 0 Å². The van der Waals surface area contributed by atoms with E-state index in [-0.39, 0.29) is 0 Å². The molecule has 16 heteroatoms. The van der Waals surface area contributed by atoms with E-state index in [1.54, 1.807) is 0 Å². The lowest BCUT2D eigenvalue weighted by atomic mass is 9.94. The van der Waals surface area contributed by atoms with Gasteiger partial charge in [0.25, 0.3) is 0 Å². The zero-order valence-corrected chi connectivity index (χ0v) is 24.0. The molecule has 13 N–H and O–H groups in total. The monoisotopic (exact) mass is 613 g/mol. The highest BCUT2D eigenvalue weighted by atomic mass is 16.7. The first-order valence-electron chi connectivity index (χ1n) is 14.8. The molecule has 0 aromatic rings. The normalized spacial score (nSPS) is 44.8. The van der Waals surface area contributed by atoms with E-state index in [9.17, 15) is 40.9 Å². The lowest BCUT2D eigenvalue weighted by Crippen LogP contribution is -2.70. The van der Waals surface area contributed by atoms with Crippen molar-refractivity contribution in [2.45, 2.75) is 137 Å². The summed E-state index contributed by atoms with van der Waals surface area (Å²) in [6, 6.07) is -3.52. The molecule has 2 unspecified atom stereocenters. The molecule has 3 aliphatic heterocycles. The molecule has 248 valence electrons. The van der Waals surface area contributed by atoms with Crippen LogP contribution in [0.3, 0.4) is 0 Å². The van der Waals surface area contributed by atoms with Crippen LogP contribution in [0, 0.1) is 0 Å². The van der Waals surface area contributed by atoms with Crippen LogP contribution in [0.4, 0.5) is 0 Å². The zero-order valence-electron chi connectivity index (χ0n) is 24.0. The molecule has 16 nitrogen and oxygen atoms in total. The standard InChI is InChI=1S/C26H51N3O13/c1-2-3-4-5-6-7-8-29-17-21(36)23(41-25-16(28)19(34)18(33)12(9-30)39-25)14(11-32)40-26(17)42-22-13(10-31)38-24(37)15(27)20(22)35/h12-26,29-37H,2-11,27-28H2,1H3/t12-,13-,14-,15-,16-,17-,18-,19-,20-,21-,22?,23?,24-,25+,26+/m1/s1. The second kappa shape index (κ2) is 17.2. The van der Waals surface area contributed by atoms with Crippen molar-refractivity contribution in [2.75, 3.05) is 26.4 Å². The van der Waals surface area contributed by atoms with Crippen molar-refractivity contribution in [3.05, 3.63) is 0 Å². The lowest BCUT2D eigenvalue weighted by Gasteiger charge is -2.49. The fourth-order valence-electron chi connectivity index (χ4n) is 5.55. The summed E-state index contributed by atoms with van der Waals surface area (Å²) in [4.78, 5) is 0. The highest BCUT2D eigenvalue weighted by Gasteiger charge is 2.53. The minimum absolute atomic E-state index is 0.440. The van der Waals surface area contributed by atoms with Crippen LogP contribution in [0.25, 0.3) is 0 Å². The fourth-order valence-corrected chi connectivity index (χ4v) is 5.55. The first kappa shape index (κ1) is 35.8. The maximum atomic E-state index is 11.5. The van der Waals surface area contributed by atoms with Crippen LogP contribution < -0.4 is 16.8 Å². The van der Waals surface area contributed by atoms with Crippen LogP contribution >= 0.6 is 0 Å². The fraction of sp³-hybridized carbons (Fsp3) is 1.00. The van der Waals surface area contributed by atoms with Gasteiger partial charge >= 0.3 is 0 Å². The van der Waals surface area contributed by atoms with E-state index in [2.05, 4.69) is 12.2 Å². The van der Waals surface area contributed by atoms with Crippen LogP contribution in [0.15, 0.2) is 0 Å². The molecule has 0 radical (unpaired) electrons. The Morgan fingerprint density at radius 2 is 1.17 bits per heavy atom. The van der Waals surface area contributed by atoms with Crippen LogP contribution in [0.2, 0.25) is 0 Å². The van der Waals surface area contributed by atoms with Crippen molar-refractivity contribution in [1.29, 1.82) is 0 Å². The minimum atomic E-state index is -1.55. The van der Waals surface area contributed by atoms with E-state index in [0.29, 0.717) is 6.54 Å². The van der Waals surface area contributed by atoms with Gasteiger partial charge in [-0.3, -0.25) is 0 Å². The molecule has 0 bridgehead atoms. The Labute approximate surface area is 245 Å². The van der Waals surface area contributed by atoms with Crippen molar-refractivity contribution in [2.24, 2.45) is 11.5 Å². The third-order valence-electron chi connectivity index (χ3n) is 8.20. The van der Waals surface area contributed by atoms with E-state index in [0.717, 1.165) is 38.5 Å². The molecule has 0 aliphatic carbocycles. The van der Waals surface area contributed by atoms with E-state index < -0.39 is 112 Å². The molecule has 0 saturated carbocycles. The Balaban J connectivity index is 1.78. The second-order valence-electron chi connectivity index (χ2n) is 11.3. The number of rotatable bonds is 15. The van der Waals surface area contributed by atoms with E-state index in [1.807, 2.05) is 0 Å². The summed E-state index contributed by atoms with van der Waals surface area (Å²) >= 11 is 0. The number of hydrogen-bond donors (Lipinski definition) is 11. The third-order valence-corrected chi connectivity index (χ3v) is 8.20. The van der Waals surface area contributed by atoms with E-state index >= 15 is 0 Å². The van der Waals surface area contributed by atoms with Crippen molar-refractivity contribution in [3.63, 3.8) is 0 Å². The maximum Gasteiger partial charge on any atom is 0.176 e. The summed E-state index contributed by atoms with van der Waals surface area (Å²) < 4.78 is 28.8. The smallest absolute Gasteiger partial charge is 0.176 e. The molecule has 0 aromatic carbocycles. The maximum absolute atomic E-state index is 11.5. The van der Waals surface area contributed by atoms with Gasteiger partial charge in [0.15, 0.2) is 18.9 Å². The average Bonchev–Trinajstić information content (AvgIpc) is 2.98. The van der Waals surface area contributed by atoms with Crippen molar-refractivity contribution in [3.8, 4) is 0 Å². The van der Waals surface area contributed by atoms with Gasteiger partial charge in [0.1, 0.15) is 54.9 Å². The van der Waals surface area contributed by atoms with Crippen LogP contribution in [-0.2, 0) is 23.7 Å². The number of unbranched alkanes of at least 4 members (excludes halogenated alkanes) is 5. The van der Waals surface area contributed by atoms with Gasteiger partial charge in [-0.25, -0.2) is 0 Å². The molecule has 0 amide bonds. The van der Waals surface area contributed by atoms with Gasteiger partial charge in [-0.2, -0.15) is 0 Å². The largest absolute Gasteiger partial charge is 0.394 e. The first-order valence-corrected chi connectivity index (χ1v) is 14.8. The Bertz CT molecular complexity index is 771. The molecule has 3 heterocycles. The molecular weight excluding hydrogens is 562 g/mol. The Hall–Kier alpha value is -0.640. The van der Waals surface area contributed by atoms with Crippen molar-refractivity contribution >= 4 is 0 Å². The van der Waals surface area contributed by atoms with Gasteiger partial charge in [-0.05, 0) is 13.0 Å². The zero-order chi connectivity index (χ0) is 31.0. The molecule has 3 rings (SSSR count). The Kier molecular flexibility index (Phi) is 14.6. The minimum Gasteiger partial charge on any atom is -0.394 e. The van der Waals surface area contributed by atoms with E-state index in [4.69, 9.17) is 35.2 Å². The molecule has 3 aliphatic rings. The molecule has 3 saturated heterocycles. The average molecular weight is 614 g/mol. The quantitative estimate of drug-likeness (QED) is 0.0774. The number of hydrogen-bond acceptors (Lipinski definition) is 16. The molecule has 0 aromatic heterocycles. The molecule has 0 spiro atoms. The summed E-state index contributed by atoms with van der Waals surface area (Å²) in [5.41, 5.74) is 11.9. The number of nitrogens with one attached hydrogen (secondary N) is 1. The van der Waals surface area contributed by atoms with Crippen LogP contribution in [-0.4, -0.2) is 159 Å². The van der Waals surface area contributed by atoms with Gasteiger partial charge < -0.3 is 81.3 Å². The summed E-state index contributed by atoms with van der Waals surface area (Å²) in [5.74, 6) is 0. The molecule has 3 fully saturated rings. The van der Waals surface area contributed by atoms with E-state index in [1.165, 1.54) is 0 Å². The highest BCUT2D eigenvalue weighted by molar-refractivity contribution is 4.99. The molecule has 42 heavy (non-hydrogen) atoms. The number of nitrogens with two attached hydrogens (primary N) is 2. The first-order chi connectivity index (χ1) is 20.1. The topological polar surface area (TPSA) is 272 Å². The van der Waals surface area contributed by atoms with Crippen molar-refractivity contribution in [1.82, 2.24) is 5.32 Å². The molecule has 15 atom stereocenters. The number of aliphatic hydroxyl groups excluding tert-OH is 8. The van der Waals surface area contributed by atoms with Crippen LogP contribution in [0.5, 0.6) is 0 Å². The lowest BCUT2D eigenvalue weighted by molar-refractivity contribution is -0.350. The number of ether oxygens (including phenoxy) is 5. The predicted molar refractivity (Wildman–Crippen MR) is 144 cm³/mol. The van der Waals surface area contributed by atoms with Crippen molar-refractivity contribution < 1.29 is 64.5 Å². The second-order valence-corrected chi connectivity index (χ2v) is 11.3. The number of aliphatic hydroxyl groups is 8. The Morgan fingerprint density at radius 1 is 0.619 bits per heavy atom. The summed E-state index contributed by atoms with van der Waals surface area (Å²) in [7, 11) is 0. The predicted octanol–water partition coefficient (Wildman–Crippen LogP) is -4.68. The van der Waals surface area contributed by atoms with Crippen LogP contribution in [0.1, 0.15) is 45.4 Å². The Morgan fingerprint density at radius 3 is 1.81 bits per heavy atom. The summed E-state index contributed by atoms with van der Waals surface area (Å²) in [5, 5.41) is 85.4. The molecular formula is C26H51N3O13. The highest BCUT2D eigenvalue weighted by Crippen LogP contribution is 2.31. The van der Waals surface area contributed by atoms with Gasteiger partial charge in [0.2, 0.25) is 0 Å². The van der Waals surface area contributed by atoms with Gasteiger partial charge in [0, 0.05) is 0 Å². The SMILES string of the molecule is CCCCCCCCN[C@H]1[C@H](OC2[C@@H](CO)O[C@@H](O)[C@H](N)[C@H]2O)O[C@H](CO)C(O[C@@H]2O[C@H](CO)[C@@H](O)[C@H](O)[C@H]2N)[C@@H]1O. The summed E-state index contributed by atoms with van der Waals surface area (Å²) in [6.07, 6.45) is -10.2.